The molecule has 0 saturated heterocycles. The topological polar surface area (TPSA) is 88.2 Å². The molecule has 4 N–H and O–H groups in total. The lowest BCUT2D eigenvalue weighted by Crippen LogP contribution is -2.22. The molecule has 2 heterocycles. The molecule has 0 bridgehead atoms. The van der Waals surface area contributed by atoms with Gasteiger partial charge in [0, 0.05) is 17.6 Å². The minimum absolute atomic E-state index is 0.147. The summed E-state index contributed by atoms with van der Waals surface area (Å²) in [4.78, 5) is 18.5. The number of fused-ring (bicyclic) bond motifs is 1. The van der Waals surface area contributed by atoms with Gasteiger partial charge in [0.1, 0.15) is 0 Å². The average Bonchev–Trinajstić information content (AvgIpc) is 2.84. The van der Waals surface area contributed by atoms with Crippen LogP contribution in [0.15, 0.2) is 12.3 Å². The van der Waals surface area contributed by atoms with Crippen LogP contribution in [-0.4, -0.2) is 16.1 Å². The Morgan fingerprint density at radius 3 is 2.88 bits per heavy atom. The van der Waals surface area contributed by atoms with Crippen molar-refractivity contribution in [3.05, 3.63) is 39.4 Å². The number of nitrogens with two attached hydrogens (primary N) is 1. The van der Waals surface area contributed by atoms with Crippen molar-refractivity contribution < 1.29 is 9.90 Å². The lowest BCUT2D eigenvalue weighted by atomic mass is 9.76. The van der Waals surface area contributed by atoms with Gasteiger partial charge in [0.2, 0.25) is 0 Å². The summed E-state index contributed by atoms with van der Waals surface area (Å²) < 4.78 is 0. The first-order valence-corrected chi connectivity index (χ1v) is 8.91. The molecule has 5 nitrogen and oxygen atoms in total. The lowest BCUT2D eigenvalue weighted by Gasteiger charge is -2.29. The molecular weight excluding hydrogens is 322 g/mol. The van der Waals surface area contributed by atoms with E-state index in [1.54, 1.807) is 17.5 Å². The van der Waals surface area contributed by atoms with Crippen LogP contribution in [0.25, 0.3) is 10.6 Å². The zero-order valence-electron chi connectivity index (χ0n) is 14.3. The molecule has 1 aliphatic rings. The lowest BCUT2D eigenvalue weighted by molar-refractivity contribution is 0.0696. The Labute approximate surface area is 145 Å². The Morgan fingerprint density at radius 1 is 1.50 bits per heavy atom. The zero-order chi connectivity index (χ0) is 17.5. The third-order valence-corrected chi connectivity index (χ3v) is 5.94. The van der Waals surface area contributed by atoms with Crippen LogP contribution in [0.3, 0.4) is 0 Å². The third-order valence-electron chi connectivity index (χ3n) is 4.64. The molecule has 0 fully saturated rings. The molecule has 0 aromatic carbocycles. The molecule has 2 aromatic rings. The number of rotatable bonds is 4. The number of carboxylic acids is 1. The first-order chi connectivity index (χ1) is 11.3. The predicted octanol–water partition coefficient (Wildman–Crippen LogP) is 3.29. The maximum Gasteiger partial charge on any atom is 0.337 e. The quantitative estimate of drug-likeness (QED) is 0.584. The fourth-order valence-electron chi connectivity index (χ4n) is 3.40. The highest BCUT2D eigenvalue weighted by Crippen LogP contribution is 2.45. The van der Waals surface area contributed by atoms with Crippen molar-refractivity contribution in [2.45, 2.75) is 46.6 Å². The second-order valence-electron chi connectivity index (χ2n) is 7.24. The number of thiophene rings is 1. The van der Waals surface area contributed by atoms with Gasteiger partial charge in [-0.1, -0.05) is 19.9 Å². The normalized spacial score (nSPS) is 16.0. The van der Waals surface area contributed by atoms with Crippen molar-refractivity contribution in [1.29, 1.82) is 0 Å². The summed E-state index contributed by atoms with van der Waals surface area (Å²) in [6, 6.07) is 2.01. The van der Waals surface area contributed by atoms with Crippen molar-refractivity contribution >= 4 is 17.3 Å². The van der Waals surface area contributed by atoms with Gasteiger partial charge >= 0.3 is 5.97 Å². The van der Waals surface area contributed by atoms with E-state index in [1.807, 2.05) is 13.0 Å². The standard InChI is InChI=1S/C18H23N3O2S/c1-10-6-11(9-21-19)8-20-15(10)16-14(17(22)23)12-7-18(2,3)5-4-13(12)24-16/h6,8,21H,4-5,7,9,19H2,1-3H3,(H,22,23). The first kappa shape index (κ1) is 17.1. The molecule has 128 valence electrons. The van der Waals surface area contributed by atoms with Crippen molar-refractivity contribution in [2.24, 2.45) is 11.3 Å². The predicted molar refractivity (Wildman–Crippen MR) is 96.1 cm³/mol. The van der Waals surface area contributed by atoms with Crippen LogP contribution in [0.2, 0.25) is 0 Å². The van der Waals surface area contributed by atoms with Gasteiger partial charge < -0.3 is 5.11 Å². The number of aryl methyl sites for hydroxylation is 2. The molecule has 0 unspecified atom stereocenters. The van der Waals surface area contributed by atoms with E-state index in [2.05, 4.69) is 24.3 Å². The summed E-state index contributed by atoms with van der Waals surface area (Å²) in [6.45, 7) is 6.92. The first-order valence-electron chi connectivity index (χ1n) is 8.09. The molecule has 3 rings (SSSR count). The summed E-state index contributed by atoms with van der Waals surface area (Å²) in [5.74, 6) is 4.51. The summed E-state index contributed by atoms with van der Waals surface area (Å²) in [7, 11) is 0. The Bertz CT molecular complexity index is 796. The van der Waals surface area contributed by atoms with E-state index in [0.717, 1.165) is 46.5 Å². The third kappa shape index (κ3) is 3.09. The number of carboxylic acid groups (broad SMARTS) is 1. The maximum absolute atomic E-state index is 12.0. The zero-order valence-corrected chi connectivity index (χ0v) is 15.1. The highest BCUT2D eigenvalue weighted by molar-refractivity contribution is 7.16. The minimum Gasteiger partial charge on any atom is -0.478 e. The number of carbonyl (C=O) groups is 1. The van der Waals surface area contributed by atoms with Crippen molar-refractivity contribution in [2.75, 3.05) is 0 Å². The largest absolute Gasteiger partial charge is 0.478 e. The van der Waals surface area contributed by atoms with Crippen molar-refractivity contribution in [3.63, 3.8) is 0 Å². The number of hydrogen-bond acceptors (Lipinski definition) is 5. The van der Waals surface area contributed by atoms with E-state index in [-0.39, 0.29) is 5.41 Å². The molecule has 24 heavy (non-hydrogen) atoms. The van der Waals surface area contributed by atoms with Gasteiger partial charge in [0.05, 0.1) is 16.1 Å². The van der Waals surface area contributed by atoms with Crippen LogP contribution < -0.4 is 11.3 Å². The molecule has 0 saturated carbocycles. The number of hydrazine groups is 1. The second kappa shape index (κ2) is 6.27. The van der Waals surface area contributed by atoms with Crippen LogP contribution in [0.1, 0.15) is 52.2 Å². The van der Waals surface area contributed by atoms with Gasteiger partial charge in [0.15, 0.2) is 0 Å². The van der Waals surface area contributed by atoms with E-state index in [4.69, 9.17) is 5.84 Å². The molecule has 0 aliphatic heterocycles. The van der Waals surface area contributed by atoms with Gasteiger partial charge in [-0.25, -0.2) is 4.79 Å². The summed E-state index contributed by atoms with van der Waals surface area (Å²) in [6.07, 6.45) is 4.61. The van der Waals surface area contributed by atoms with Gasteiger partial charge in [-0.05, 0) is 48.3 Å². The number of pyridine rings is 1. The van der Waals surface area contributed by atoms with E-state index in [0.29, 0.717) is 12.1 Å². The summed E-state index contributed by atoms with van der Waals surface area (Å²) in [5, 5.41) is 9.82. The van der Waals surface area contributed by atoms with Crippen LogP contribution >= 0.6 is 11.3 Å². The van der Waals surface area contributed by atoms with Gasteiger partial charge in [-0.2, -0.15) is 0 Å². The maximum atomic E-state index is 12.0. The van der Waals surface area contributed by atoms with E-state index < -0.39 is 5.97 Å². The number of aromatic nitrogens is 1. The Morgan fingerprint density at radius 2 is 2.25 bits per heavy atom. The number of hydrogen-bond donors (Lipinski definition) is 3. The van der Waals surface area contributed by atoms with Crippen LogP contribution in [0.5, 0.6) is 0 Å². The minimum atomic E-state index is -0.853. The molecule has 0 atom stereocenters. The van der Waals surface area contributed by atoms with Gasteiger partial charge in [0.25, 0.3) is 0 Å². The molecule has 0 spiro atoms. The molecule has 0 amide bonds. The number of aromatic carboxylic acids is 1. The molecule has 0 radical (unpaired) electrons. The van der Waals surface area contributed by atoms with Crippen LogP contribution in [0.4, 0.5) is 0 Å². The Hall–Kier alpha value is -1.76. The van der Waals surface area contributed by atoms with Crippen molar-refractivity contribution in [1.82, 2.24) is 10.4 Å². The van der Waals surface area contributed by atoms with Crippen LogP contribution in [0, 0.1) is 12.3 Å². The SMILES string of the molecule is Cc1cc(CNN)cnc1-c1sc2c(c1C(=O)O)CC(C)(C)CC2. The highest BCUT2D eigenvalue weighted by atomic mass is 32.1. The molecular formula is C18H23N3O2S. The molecule has 6 heteroatoms. The van der Waals surface area contributed by atoms with Crippen LogP contribution in [-0.2, 0) is 19.4 Å². The van der Waals surface area contributed by atoms with Gasteiger partial charge in [-0.3, -0.25) is 16.3 Å². The Kier molecular flexibility index (Phi) is 4.46. The fourth-order valence-corrected chi connectivity index (χ4v) is 4.77. The number of nitrogens with zero attached hydrogens (tertiary/aromatic N) is 1. The molecule has 2 aromatic heterocycles. The smallest absolute Gasteiger partial charge is 0.337 e. The summed E-state index contributed by atoms with van der Waals surface area (Å²) >= 11 is 1.59. The van der Waals surface area contributed by atoms with E-state index in [1.165, 1.54) is 4.88 Å². The van der Waals surface area contributed by atoms with E-state index in [9.17, 15) is 9.90 Å². The highest BCUT2D eigenvalue weighted by Gasteiger charge is 2.33. The van der Waals surface area contributed by atoms with Crippen molar-refractivity contribution in [3.8, 4) is 10.6 Å². The average molecular weight is 345 g/mol. The molecule has 1 aliphatic carbocycles. The van der Waals surface area contributed by atoms with Gasteiger partial charge in [-0.15, -0.1) is 11.3 Å². The second-order valence-corrected chi connectivity index (χ2v) is 8.35. The van der Waals surface area contributed by atoms with E-state index >= 15 is 0 Å². The fraction of sp³-hybridized carbons (Fsp3) is 0.444. The monoisotopic (exact) mass is 345 g/mol. The Balaban J connectivity index is 2.12. The number of nitrogens with one attached hydrogen (secondary N) is 1. The summed E-state index contributed by atoms with van der Waals surface area (Å²) in [5.41, 5.74) is 6.95.